The highest BCUT2D eigenvalue weighted by atomic mass is 32.2. The molecule has 0 heterocycles. The maximum atomic E-state index is 13.5. The highest BCUT2D eigenvalue weighted by Crippen LogP contribution is 2.27. The Morgan fingerprint density at radius 2 is 1.51 bits per heavy atom. The van der Waals surface area contributed by atoms with Crippen LogP contribution in [0.2, 0.25) is 0 Å². The Morgan fingerprint density at radius 3 is 2.16 bits per heavy atom. The van der Waals surface area contributed by atoms with E-state index in [0.717, 1.165) is 16.1 Å². The number of nitrogens with one attached hydrogen (secondary N) is 3. The highest BCUT2D eigenvalue weighted by Gasteiger charge is 2.17. The van der Waals surface area contributed by atoms with Crippen LogP contribution in [0.1, 0.15) is 22.8 Å². The van der Waals surface area contributed by atoms with Crippen LogP contribution in [-0.4, -0.2) is 44.2 Å². The number of anilines is 3. The second-order valence-electron chi connectivity index (χ2n) is 9.82. The maximum Gasteiger partial charge on any atom is 0.272 e. The van der Waals surface area contributed by atoms with Crippen LogP contribution in [0.4, 0.5) is 17.1 Å². The van der Waals surface area contributed by atoms with E-state index >= 15 is 0 Å². The van der Waals surface area contributed by atoms with E-state index in [1.807, 2.05) is 62.3 Å². The third-order valence-electron chi connectivity index (χ3n) is 6.38. The standard InChI is InChI=1S/C34H34N4O4S/c1-23(32(39)35-26-15-19-29(42-4)20-16-26)43-30-12-8-11-27(22-30)36-34(41)31(37-33(40)25-9-6-5-7-10-25)21-24-13-17-28(18-14-24)38(2)3/h5-23H,1-4H3,(H,35,39)(H,36,41)(H,37,40)/b31-21+. The molecule has 220 valence electrons. The summed E-state index contributed by atoms with van der Waals surface area (Å²) in [6, 6.07) is 30.7. The van der Waals surface area contributed by atoms with Gasteiger partial charge in [-0.05, 0) is 85.3 Å². The molecule has 0 aromatic heterocycles. The van der Waals surface area contributed by atoms with Crippen molar-refractivity contribution in [1.82, 2.24) is 5.32 Å². The summed E-state index contributed by atoms with van der Waals surface area (Å²) >= 11 is 1.37. The van der Waals surface area contributed by atoms with Crippen LogP contribution in [0.3, 0.4) is 0 Å². The van der Waals surface area contributed by atoms with Gasteiger partial charge in [-0.15, -0.1) is 11.8 Å². The predicted octanol–water partition coefficient (Wildman–Crippen LogP) is 6.29. The molecule has 0 bridgehead atoms. The number of carbonyl (C=O) groups is 3. The summed E-state index contributed by atoms with van der Waals surface area (Å²) in [6.45, 7) is 1.82. The molecule has 4 aromatic rings. The van der Waals surface area contributed by atoms with Crippen LogP contribution in [0.5, 0.6) is 5.75 Å². The number of thioether (sulfide) groups is 1. The first-order chi connectivity index (χ1) is 20.7. The number of ether oxygens (including phenoxy) is 1. The van der Waals surface area contributed by atoms with Crippen LogP contribution >= 0.6 is 11.8 Å². The molecule has 0 aliphatic heterocycles. The molecular formula is C34H34N4O4S. The lowest BCUT2D eigenvalue weighted by Gasteiger charge is -2.15. The Balaban J connectivity index is 1.47. The van der Waals surface area contributed by atoms with E-state index in [2.05, 4.69) is 16.0 Å². The van der Waals surface area contributed by atoms with Gasteiger partial charge >= 0.3 is 0 Å². The zero-order valence-electron chi connectivity index (χ0n) is 24.5. The average molecular weight is 595 g/mol. The van der Waals surface area contributed by atoms with Crippen molar-refractivity contribution in [3.63, 3.8) is 0 Å². The van der Waals surface area contributed by atoms with Crippen LogP contribution in [0, 0.1) is 0 Å². The third-order valence-corrected chi connectivity index (χ3v) is 7.47. The first-order valence-electron chi connectivity index (χ1n) is 13.6. The molecule has 4 aromatic carbocycles. The van der Waals surface area contributed by atoms with Crippen LogP contribution in [-0.2, 0) is 9.59 Å². The van der Waals surface area contributed by atoms with Gasteiger partial charge in [-0.1, -0.05) is 36.4 Å². The molecule has 3 N–H and O–H groups in total. The van der Waals surface area contributed by atoms with Crippen molar-refractivity contribution >= 4 is 52.6 Å². The average Bonchev–Trinajstić information content (AvgIpc) is 3.01. The molecule has 8 nitrogen and oxygen atoms in total. The largest absolute Gasteiger partial charge is 0.497 e. The van der Waals surface area contributed by atoms with Crippen molar-refractivity contribution in [3.8, 4) is 5.75 Å². The van der Waals surface area contributed by atoms with Crippen molar-refractivity contribution in [1.29, 1.82) is 0 Å². The summed E-state index contributed by atoms with van der Waals surface area (Å²) in [6.07, 6.45) is 1.64. The fraction of sp³-hybridized carbons (Fsp3) is 0.147. The molecule has 0 saturated heterocycles. The summed E-state index contributed by atoms with van der Waals surface area (Å²) < 4.78 is 5.16. The smallest absolute Gasteiger partial charge is 0.272 e. The number of amides is 3. The molecule has 0 spiro atoms. The Morgan fingerprint density at radius 1 is 0.814 bits per heavy atom. The van der Waals surface area contributed by atoms with E-state index in [9.17, 15) is 14.4 Å². The quantitative estimate of drug-likeness (QED) is 0.139. The lowest BCUT2D eigenvalue weighted by molar-refractivity contribution is -0.115. The molecular weight excluding hydrogens is 560 g/mol. The van der Waals surface area contributed by atoms with Gasteiger partial charge in [0.05, 0.1) is 12.4 Å². The van der Waals surface area contributed by atoms with E-state index in [0.29, 0.717) is 22.7 Å². The molecule has 4 rings (SSSR count). The van der Waals surface area contributed by atoms with Crippen molar-refractivity contribution in [2.45, 2.75) is 17.1 Å². The summed E-state index contributed by atoms with van der Waals surface area (Å²) in [5, 5.41) is 8.15. The Hall–Kier alpha value is -5.02. The van der Waals surface area contributed by atoms with E-state index in [-0.39, 0.29) is 11.6 Å². The van der Waals surface area contributed by atoms with E-state index < -0.39 is 17.1 Å². The number of methoxy groups -OCH3 is 1. The number of hydrogen-bond acceptors (Lipinski definition) is 6. The lowest BCUT2D eigenvalue weighted by atomic mass is 10.1. The minimum Gasteiger partial charge on any atom is -0.497 e. The molecule has 1 atom stereocenters. The number of hydrogen-bond donors (Lipinski definition) is 3. The monoisotopic (exact) mass is 594 g/mol. The molecule has 0 saturated carbocycles. The second kappa shape index (κ2) is 14.7. The fourth-order valence-corrected chi connectivity index (χ4v) is 4.93. The normalized spacial score (nSPS) is 11.7. The first kappa shape index (κ1) is 30.9. The Labute approximate surface area is 256 Å². The molecule has 0 aliphatic carbocycles. The molecule has 0 radical (unpaired) electrons. The van der Waals surface area contributed by atoms with E-state index in [1.54, 1.807) is 79.9 Å². The van der Waals surface area contributed by atoms with Crippen LogP contribution in [0.25, 0.3) is 6.08 Å². The van der Waals surface area contributed by atoms with E-state index in [1.165, 1.54) is 11.8 Å². The van der Waals surface area contributed by atoms with E-state index in [4.69, 9.17) is 4.74 Å². The fourth-order valence-electron chi connectivity index (χ4n) is 4.00. The second-order valence-corrected chi connectivity index (χ2v) is 11.2. The van der Waals surface area contributed by atoms with Crippen LogP contribution in [0.15, 0.2) is 114 Å². The molecule has 3 amide bonds. The number of nitrogens with zero attached hydrogens (tertiary/aromatic N) is 1. The maximum absolute atomic E-state index is 13.5. The van der Waals surface area contributed by atoms with Crippen molar-refractivity contribution in [3.05, 3.63) is 120 Å². The zero-order valence-corrected chi connectivity index (χ0v) is 25.3. The van der Waals surface area contributed by atoms with Crippen molar-refractivity contribution in [2.24, 2.45) is 0 Å². The predicted molar refractivity (Wildman–Crippen MR) is 175 cm³/mol. The molecule has 0 aliphatic rings. The van der Waals surface area contributed by atoms with Crippen LogP contribution < -0.4 is 25.6 Å². The highest BCUT2D eigenvalue weighted by molar-refractivity contribution is 8.00. The molecule has 0 fully saturated rings. The number of carbonyl (C=O) groups excluding carboxylic acids is 3. The van der Waals surface area contributed by atoms with Gasteiger partial charge in [-0.25, -0.2) is 0 Å². The van der Waals surface area contributed by atoms with Gasteiger partial charge in [-0.3, -0.25) is 14.4 Å². The summed E-state index contributed by atoms with van der Waals surface area (Å²) in [4.78, 5) is 42.0. The SMILES string of the molecule is COc1ccc(NC(=O)C(C)Sc2cccc(NC(=O)/C(=C\c3ccc(N(C)C)cc3)NC(=O)c3ccccc3)c2)cc1. The van der Waals surface area contributed by atoms with Gasteiger partial charge in [-0.2, -0.15) is 0 Å². The summed E-state index contributed by atoms with van der Waals surface area (Å²) in [5.74, 6) is -0.320. The first-order valence-corrected chi connectivity index (χ1v) is 14.5. The number of benzene rings is 4. The third kappa shape index (κ3) is 8.98. The topological polar surface area (TPSA) is 99.8 Å². The van der Waals surface area contributed by atoms with Gasteiger partial charge in [0.25, 0.3) is 11.8 Å². The summed E-state index contributed by atoms with van der Waals surface area (Å²) in [5.41, 5.74) is 3.50. The molecule has 1 unspecified atom stereocenters. The van der Waals surface area contributed by atoms with Gasteiger partial charge in [0.2, 0.25) is 5.91 Å². The van der Waals surface area contributed by atoms with Crippen molar-refractivity contribution in [2.75, 3.05) is 36.7 Å². The van der Waals surface area contributed by atoms with Gasteiger partial charge < -0.3 is 25.6 Å². The molecule has 43 heavy (non-hydrogen) atoms. The van der Waals surface area contributed by atoms with Gasteiger partial charge in [0.15, 0.2) is 0 Å². The van der Waals surface area contributed by atoms with Gasteiger partial charge in [0, 0.05) is 41.6 Å². The van der Waals surface area contributed by atoms with Crippen molar-refractivity contribution < 1.29 is 19.1 Å². The summed E-state index contributed by atoms with van der Waals surface area (Å²) in [7, 11) is 5.49. The number of rotatable bonds is 11. The molecule has 9 heteroatoms. The Kier molecular flexibility index (Phi) is 10.6. The lowest BCUT2D eigenvalue weighted by Crippen LogP contribution is -2.30. The van der Waals surface area contributed by atoms with Gasteiger partial charge in [0.1, 0.15) is 11.4 Å². The minimum atomic E-state index is -0.478. The minimum absolute atomic E-state index is 0.0942. The Bertz CT molecular complexity index is 1590. The zero-order chi connectivity index (χ0) is 30.8.